The maximum Gasteiger partial charge on any atom is 0.152 e. The van der Waals surface area contributed by atoms with E-state index in [1.165, 1.54) is 12.1 Å². The van der Waals surface area contributed by atoms with Crippen LogP contribution in [-0.2, 0) is 0 Å². The Hall–Kier alpha value is -2.13. The quantitative estimate of drug-likeness (QED) is 0.678. The number of H-pyrrole nitrogens is 1. The summed E-state index contributed by atoms with van der Waals surface area (Å²) in [6.45, 7) is 1.92. The van der Waals surface area contributed by atoms with Crippen LogP contribution in [0.4, 0.5) is 4.39 Å². The smallest absolute Gasteiger partial charge is 0.152 e. The van der Waals surface area contributed by atoms with E-state index in [0.29, 0.717) is 16.3 Å². The predicted octanol–water partition coefficient (Wildman–Crippen LogP) is 4.75. The highest BCUT2D eigenvalue weighted by molar-refractivity contribution is 6.31. The first kappa shape index (κ1) is 12.9. The minimum absolute atomic E-state index is 0.309. The number of aldehydes is 1. The average molecular weight is 288 g/mol. The van der Waals surface area contributed by atoms with Crippen LogP contribution < -0.4 is 0 Å². The zero-order valence-corrected chi connectivity index (χ0v) is 11.5. The number of aromatic nitrogens is 1. The molecule has 1 aromatic heterocycles. The molecule has 0 radical (unpaired) electrons. The number of aromatic amines is 1. The lowest BCUT2D eigenvalue weighted by Gasteiger charge is -1.99. The fraction of sp³-hybridized carbons (Fsp3) is 0.0625. The maximum absolute atomic E-state index is 13.0. The molecule has 3 aromatic rings. The summed E-state index contributed by atoms with van der Waals surface area (Å²) in [6.07, 6.45) is 0.799. The highest BCUT2D eigenvalue weighted by Crippen LogP contribution is 2.32. The molecular weight excluding hydrogens is 277 g/mol. The third kappa shape index (κ3) is 2.00. The van der Waals surface area contributed by atoms with Gasteiger partial charge in [-0.2, -0.15) is 0 Å². The molecule has 0 atom stereocenters. The highest BCUT2D eigenvalue weighted by atomic mass is 35.5. The summed E-state index contributed by atoms with van der Waals surface area (Å²) in [5, 5.41) is 1.37. The summed E-state index contributed by atoms with van der Waals surface area (Å²) < 4.78 is 13.0. The summed E-state index contributed by atoms with van der Waals surface area (Å²) in [6, 6.07) is 9.62. The van der Waals surface area contributed by atoms with Gasteiger partial charge in [0.05, 0.1) is 5.69 Å². The number of halogens is 2. The number of fused-ring (bicyclic) bond motifs is 1. The van der Waals surface area contributed by atoms with Crippen LogP contribution in [-0.4, -0.2) is 11.3 Å². The van der Waals surface area contributed by atoms with Crippen molar-refractivity contribution < 1.29 is 9.18 Å². The van der Waals surface area contributed by atoms with E-state index in [1.807, 2.05) is 13.0 Å². The molecule has 0 aliphatic heterocycles. The van der Waals surface area contributed by atoms with Crippen LogP contribution in [0.2, 0.25) is 5.02 Å². The van der Waals surface area contributed by atoms with Crippen LogP contribution in [0.3, 0.4) is 0 Å². The van der Waals surface area contributed by atoms with Crippen LogP contribution in [0.25, 0.3) is 22.2 Å². The number of rotatable bonds is 2. The van der Waals surface area contributed by atoms with Gasteiger partial charge in [-0.15, -0.1) is 0 Å². The summed E-state index contributed by atoms with van der Waals surface area (Å²) in [5.74, 6) is -0.309. The van der Waals surface area contributed by atoms with Gasteiger partial charge in [0.2, 0.25) is 0 Å². The Kier molecular flexibility index (Phi) is 3.07. The third-order valence-corrected chi connectivity index (χ3v) is 3.58. The zero-order chi connectivity index (χ0) is 14.3. The fourth-order valence-electron chi connectivity index (χ4n) is 2.42. The van der Waals surface area contributed by atoms with Crippen molar-refractivity contribution in [3.63, 3.8) is 0 Å². The van der Waals surface area contributed by atoms with Crippen molar-refractivity contribution in [2.75, 3.05) is 0 Å². The van der Waals surface area contributed by atoms with Gasteiger partial charge in [0.15, 0.2) is 6.29 Å². The Labute approximate surface area is 120 Å². The van der Waals surface area contributed by atoms with E-state index in [4.69, 9.17) is 11.6 Å². The molecule has 0 saturated heterocycles. The van der Waals surface area contributed by atoms with E-state index in [0.717, 1.165) is 28.3 Å². The van der Waals surface area contributed by atoms with Crippen molar-refractivity contribution in [1.29, 1.82) is 0 Å². The lowest BCUT2D eigenvalue weighted by molar-refractivity contribution is 0.112. The topological polar surface area (TPSA) is 32.9 Å². The molecule has 20 heavy (non-hydrogen) atoms. The van der Waals surface area contributed by atoms with E-state index in [9.17, 15) is 9.18 Å². The van der Waals surface area contributed by atoms with Crippen LogP contribution >= 0.6 is 11.6 Å². The molecule has 0 spiro atoms. The largest absolute Gasteiger partial charge is 0.354 e. The lowest BCUT2D eigenvalue weighted by atomic mass is 10.1. The van der Waals surface area contributed by atoms with Crippen molar-refractivity contribution in [1.82, 2.24) is 4.98 Å². The Morgan fingerprint density at radius 3 is 2.55 bits per heavy atom. The number of nitrogens with one attached hydrogen (secondary N) is 1. The summed E-state index contributed by atoms with van der Waals surface area (Å²) in [5.41, 5.74) is 3.82. The van der Waals surface area contributed by atoms with Gasteiger partial charge in [-0.1, -0.05) is 11.6 Å². The number of carbonyl (C=O) groups excluding carboxylic acids is 1. The molecule has 0 amide bonds. The first-order valence-corrected chi connectivity index (χ1v) is 6.51. The molecule has 4 heteroatoms. The minimum atomic E-state index is -0.309. The van der Waals surface area contributed by atoms with Gasteiger partial charge < -0.3 is 4.98 Å². The summed E-state index contributed by atoms with van der Waals surface area (Å²) in [7, 11) is 0. The molecule has 0 aliphatic rings. The molecule has 1 heterocycles. The van der Waals surface area contributed by atoms with E-state index in [-0.39, 0.29) is 5.82 Å². The van der Waals surface area contributed by atoms with Crippen LogP contribution in [0.1, 0.15) is 15.9 Å². The number of carbonyl (C=O) groups is 1. The van der Waals surface area contributed by atoms with Gasteiger partial charge in [0.1, 0.15) is 5.82 Å². The van der Waals surface area contributed by atoms with Gasteiger partial charge in [-0.3, -0.25) is 4.79 Å². The summed E-state index contributed by atoms with van der Waals surface area (Å²) in [4.78, 5) is 14.7. The van der Waals surface area contributed by atoms with Crippen molar-refractivity contribution in [2.45, 2.75) is 6.92 Å². The maximum atomic E-state index is 13.0. The predicted molar refractivity (Wildman–Crippen MR) is 78.8 cm³/mol. The van der Waals surface area contributed by atoms with Crippen LogP contribution in [0.15, 0.2) is 36.4 Å². The Balaban J connectivity index is 2.33. The standard InChI is InChI=1S/C16H11ClFNO/c1-9-6-11(17)7-13-14(8-20)16(19-15(9)13)10-2-4-12(18)5-3-10/h2-8,19H,1H3. The average Bonchev–Trinajstić information content (AvgIpc) is 2.78. The highest BCUT2D eigenvalue weighted by Gasteiger charge is 2.14. The van der Waals surface area contributed by atoms with Gasteiger partial charge >= 0.3 is 0 Å². The summed E-state index contributed by atoms with van der Waals surface area (Å²) >= 11 is 6.05. The Bertz CT molecular complexity index is 805. The number of hydrogen-bond donors (Lipinski definition) is 1. The number of benzene rings is 2. The van der Waals surface area contributed by atoms with E-state index >= 15 is 0 Å². The molecule has 3 rings (SSSR count). The Morgan fingerprint density at radius 2 is 1.90 bits per heavy atom. The van der Waals surface area contributed by atoms with Gasteiger partial charge in [0, 0.05) is 21.5 Å². The molecule has 0 unspecified atom stereocenters. The fourth-order valence-corrected chi connectivity index (χ4v) is 2.69. The molecule has 2 aromatic carbocycles. The van der Waals surface area contributed by atoms with Crippen molar-refractivity contribution in [3.05, 3.63) is 58.4 Å². The van der Waals surface area contributed by atoms with E-state index in [1.54, 1.807) is 18.2 Å². The molecule has 0 fully saturated rings. The van der Waals surface area contributed by atoms with Gasteiger partial charge in [-0.25, -0.2) is 4.39 Å². The molecule has 2 nitrogen and oxygen atoms in total. The molecular formula is C16H11ClFNO. The molecule has 100 valence electrons. The van der Waals surface area contributed by atoms with Crippen molar-refractivity contribution >= 4 is 28.8 Å². The zero-order valence-electron chi connectivity index (χ0n) is 10.7. The SMILES string of the molecule is Cc1cc(Cl)cc2c(C=O)c(-c3ccc(F)cc3)[nH]c12. The minimum Gasteiger partial charge on any atom is -0.354 e. The molecule has 0 bridgehead atoms. The normalized spacial score (nSPS) is 10.9. The van der Waals surface area contributed by atoms with Gasteiger partial charge in [-0.05, 0) is 54.4 Å². The number of aryl methyl sites for hydroxylation is 1. The Morgan fingerprint density at radius 1 is 1.20 bits per heavy atom. The van der Waals surface area contributed by atoms with Crippen molar-refractivity contribution in [3.8, 4) is 11.3 Å². The second-order valence-electron chi connectivity index (χ2n) is 4.68. The van der Waals surface area contributed by atoms with Crippen LogP contribution in [0, 0.1) is 12.7 Å². The third-order valence-electron chi connectivity index (χ3n) is 3.36. The van der Waals surface area contributed by atoms with E-state index in [2.05, 4.69) is 4.98 Å². The first-order chi connectivity index (χ1) is 9.60. The number of hydrogen-bond acceptors (Lipinski definition) is 1. The molecule has 1 N–H and O–H groups in total. The lowest BCUT2D eigenvalue weighted by Crippen LogP contribution is -1.84. The monoisotopic (exact) mass is 287 g/mol. The first-order valence-electron chi connectivity index (χ1n) is 6.13. The second-order valence-corrected chi connectivity index (χ2v) is 5.12. The molecule has 0 aliphatic carbocycles. The van der Waals surface area contributed by atoms with Crippen molar-refractivity contribution in [2.24, 2.45) is 0 Å². The molecule has 0 saturated carbocycles. The van der Waals surface area contributed by atoms with Gasteiger partial charge in [0.25, 0.3) is 0 Å². The van der Waals surface area contributed by atoms with Crippen LogP contribution in [0.5, 0.6) is 0 Å². The van der Waals surface area contributed by atoms with E-state index < -0.39 is 0 Å². The second kappa shape index (κ2) is 4.76.